The third-order valence-corrected chi connectivity index (χ3v) is 6.05. The number of hydrogen-bond donors (Lipinski definition) is 2. The molecule has 1 aliphatic heterocycles. The fourth-order valence-electron chi connectivity index (χ4n) is 4.52. The molecule has 1 aromatic carbocycles. The van der Waals surface area contributed by atoms with Gasteiger partial charge in [0.2, 0.25) is 5.91 Å². The van der Waals surface area contributed by atoms with Crippen LogP contribution in [0.5, 0.6) is 0 Å². The maximum absolute atomic E-state index is 13.3. The molecule has 0 spiro atoms. The van der Waals surface area contributed by atoms with Gasteiger partial charge in [0.1, 0.15) is 5.82 Å². The monoisotopic (exact) mass is 368 g/mol. The van der Waals surface area contributed by atoms with Crippen molar-refractivity contribution in [2.45, 2.75) is 57.9 Å². The molecule has 1 aromatic rings. The van der Waals surface area contributed by atoms with Crippen LogP contribution in [-0.4, -0.2) is 19.0 Å². The van der Waals surface area contributed by atoms with Crippen molar-refractivity contribution in [3.63, 3.8) is 0 Å². The van der Waals surface area contributed by atoms with E-state index in [0.29, 0.717) is 5.92 Å². The third-order valence-electron chi connectivity index (χ3n) is 6.05. The lowest BCUT2D eigenvalue weighted by Gasteiger charge is -2.44. The van der Waals surface area contributed by atoms with Crippen LogP contribution in [0.3, 0.4) is 0 Å². The summed E-state index contributed by atoms with van der Waals surface area (Å²) in [5.41, 5.74) is 0.734. The van der Waals surface area contributed by atoms with Gasteiger partial charge in [-0.05, 0) is 69.3 Å². The number of rotatable bonds is 4. The lowest BCUT2D eigenvalue weighted by Crippen LogP contribution is -2.52. The lowest BCUT2D eigenvalue weighted by molar-refractivity contribution is -0.138. The summed E-state index contributed by atoms with van der Waals surface area (Å²) in [4.78, 5) is 13.3. The molecule has 0 unspecified atom stereocenters. The quantitative estimate of drug-likeness (QED) is 0.828. The second-order valence-electron chi connectivity index (χ2n) is 7.49. The summed E-state index contributed by atoms with van der Waals surface area (Å²) >= 11 is 0. The molecule has 140 valence electrons. The lowest BCUT2D eigenvalue weighted by atomic mass is 9.63. The van der Waals surface area contributed by atoms with E-state index in [4.69, 9.17) is 0 Å². The van der Waals surface area contributed by atoms with Crippen LogP contribution in [0.2, 0.25) is 0 Å². The highest BCUT2D eigenvalue weighted by molar-refractivity contribution is 5.85. The molecule has 3 rings (SSSR count). The van der Waals surface area contributed by atoms with Crippen LogP contribution in [0.4, 0.5) is 4.39 Å². The van der Waals surface area contributed by atoms with Crippen molar-refractivity contribution in [1.82, 2.24) is 10.6 Å². The summed E-state index contributed by atoms with van der Waals surface area (Å²) in [7, 11) is 0. The molecular weight excluding hydrogens is 339 g/mol. The van der Waals surface area contributed by atoms with E-state index in [0.717, 1.165) is 31.5 Å². The van der Waals surface area contributed by atoms with Crippen molar-refractivity contribution in [2.75, 3.05) is 13.1 Å². The first kappa shape index (κ1) is 20.2. The average Bonchev–Trinajstić information content (AvgIpc) is 2.63. The van der Waals surface area contributed by atoms with Gasteiger partial charge in [-0.15, -0.1) is 12.4 Å². The summed E-state index contributed by atoms with van der Waals surface area (Å²) < 4.78 is 13.1. The van der Waals surface area contributed by atoms with Crippen molar-refractivity contribution in [2.24, 2.45) is 11.3 Å². The number of piperidine rings is 1. The van der Waals surface area contributed by atoms with Crippen molar-refractivity contribution in [3.8, 4) is 0 Å². The van der Waals surface area contributed by atoms with Gasteiger partial charge in [-0.25, -0.2) is 4.39 Å². The molecule has 1 saturated heterocycles. The second kappa shape index (κ2) is 9.00. The minimum Gasteiger partial charge on any atom is -0.349 e. The Balaban J connectivity index is 0.00000225. The molecule has 3 nitrogen and oxygen atoms in total. The number of benzene rings is 1. The van der Waals surface area contributed by atoms with Crippen LogP contribution in [0.15, 0.2) is 24.3 Å². The molecule has 0 aromatic heterocycles. The number of nitrogens with one attached hydrogen (secondary N) is 2. The van der Waals surface area contributed by atoms with E-state index < -0.39 is 0 Å². The van der Waals surface area contributed by atoms with Crippen LogP contribution in [0.1, 0.15) is 63.5 Å². The standard InChI is InChI=1S/C20H29FN2O.ClH/c1-15(16-7-9-18(21)10-8-16)23-19(24)20(11-13-22-14-12-20)17-5-3-2-4-6-17;/h7-10,15,17,22H,2-6,11-14H2,1H3,(H,23,24);1H/t15-;/m0./s1. The van der Waals surface area contributed by atoms with Crippen LogP contribution < -0.4 is 10.6 Å². The Morgan fingerprint density at radius 2 is 1.76 bits per heavy atom. The molecule has 2 fully saturated rings. The van der Waals surface area contributed by atoms with Crippen LogP contribution in [-0.2, 0) is 4.79 Å². The Morgan fingerprint density at radius 3 is 2.36 bits per heavy atom. The molecule has 1 saturated carbocycles. The number of hydrogen-bond acceptors (Lipinski definition) is 2. The number of carbonyl (C=O) groups excluding carboxylic acids is 1. The number of halogens is 2. The number of carbonyl (C=O) groups is 1. The zero-order chi connectivity index (χ0) is 17.0. The van der Waals surface area contributed by atoms with E-state index in [1.165, 1.54) is 44.2 Å². The Hall–Kier alpha value is -1.13. The Labute approximate surface area is 156 Å². The minimum atomic E-state index is -0.241. The maximum Gasteiger partial charge on any atom is 0.227 e. The molecule has 0 radical (unpaired) electrons. The molecule has 1 atom stereocenters. The first-order valence-corrected chi connectivity index (χ1v) is 9.39. The van der Waals surface area contributed by atoms with Gasteiger partial charge in [-0.1, -0.05) is 31.4 Å². The summed E-state index contributed by atoms with van der Waals surface area (Å²) in [5.74, 6) is 0.468. The summed E-state index contributed by atoms with van der Waals surface area (Å²) in [6.07, 6.45) is 8.02. The van der Waals surface area contributed by atoms with Crippen molar-refractivity contribution < 1.29 is 9.18 Å². The van der Waals surface area contributed by atoms with Gasteiger partial charge in [0.25, 0.3) is 0 Å². The van der Waals surface area contributed by atoms with Crippen LogP contribution in [0, 0.1) is 17.2 Å². The van der Waals surface area contributed by atoms with E-state index in [1.54, 1.807) is 12.1 Å². The molecule has 1 amide bonds. The van der Waals surface area contributed by atoms with Gasteiger partial charge in [0.05, 0.1) is 11.5 Å². The summed E-state index contributed by atoms with van der Waals surface area (Å²) in [5, 5.41) is 6.64. The molecule has 0 bridgehead atoms. The Morgan fingerprint density at radius 1 is 1.16 bits per heavy atom. The van der Waals surface area contributed by atoms with Gasteiger partial charge in [0, 0.05) is 0 Å². The minimum absolute atomic E-state index is 0. The van der Waals surface area contributed by atoms with Crippen LogP contribution >= 0.6 is 12.4 Å². The van der Waals surface area contributed by atoms with Crippen molar-refractivity contribution in [1.29, 1.82) is 0 Å². The van der Waals surface area contributed by atoms with Gasteiger partial charge in [0.15, 0.2) is 0 Å². The molecule has 5 heteroatoms. The molecule has 2 aliphatic rings. The van der Waals surface area contributed by atoms with E-state index in [2.05, 4.69) is 10.6 Å². The van der Waals surface area contributed by atoms with Gasteiger partial charge in [-0.2, -0.15) is 0 Å². The van der Waals surface area contributed by atoms with E-state index in [9.17, 15) is 9.18 Å². The first-order valence-electron chi connectivity index (χ1n) is 9.39. The van der Waals surface area contributed by atoms with Crippen molar-refractivity contribution in [3.05, 3.63) is 35.6 Å². The predicted molar refractivity (Wildman–Crippen MR) is 101 cm³/mol. The SMILES string of the molecule is C[C@H](NC(=O)C1(C2CCCCC2)CCNCC1)c1ccc(F)cc1.Cl. The zero-order valence-electron chi connectivity index (χ0n) is 15.0. The largest absolute Gasteiger partial charge is 0.349 e. The van der Waals surface area contributed by atoms with E-state index in [1.807, 2.05) is 6.92 Å². The first-order chi connectivity index (χ1) is 11.6. The Bertz CT molecular complexity index is 551. The topological polar surface area (TPSA) is 41.1 Å². The maximum atomic E-state index is 13.3. The highest BCUT2D eigenvalue weighted by Gasteiger charge is 2.46. The summed E-state index contributed by atoms with van der Waals surface area (Å²) in [6.45, 7) is 3.84. The highest BCUT2D eigenvalue weighted by atomic mass is 35.5. The highest BCUT2D eigenvalue weighted by Crippen LogP contribution is 2.45. The van der Waals surface area contributed by atoms with Crippen molar-refractivity contribution >= 4 is 18.3 Å². The van der Waals surface area contributed by atoms with E-state index in [-0.39, 0.29) is 35.6 Å². The average molecular weight is 369 g/mol. The molecule has 25 heavy (non-hydrogen) atoms. The van der Waals surface area contributed by atoms with Gasteiger partial charge in [-0.3, -0.25) is 4.79 Å². The van der Waals surface area contributed by atoms with Gasteiger partial charge >= 0.3 is 0 Å². The zero-order valence-corrected chi connectivity index (χ0v) is 15.8. The molecular formula is C20H30ClFN2O. The van der Waals surface area contributed by atoms with Crippen LogP contribution in [0.25, 0.3) is 0 Å². The van der Waals surface area contributed by atoms with Gasteiger partial charge < -0.3 is 10.6 Å². The smallest absolute Gasteiger partial charge is 0.227 e. The fraction of sp³-hybridized carbons (Fsp3) is 0.650. The predicted octanol–water partition coefficient (Wildman–Crippen LogP) is 4.37. The number of amides is 1. The third kappa shape index (κ3) is 4.53. The molecule has 1 heterocycles. The molecule has 2 N–H and O–H groups in total. The normalized spacial score (nSPS) is 21.8. The second-order valence-corrected chi connectivity index (χ2v) is 7.49. The van der Waals surface area contributed by atoms with E-state index >= 15 is 0 Å². The Kier molecular flexibility index (Phi) is 7.26. The molecule has 1 aliphatic carbocycles. The summed E-state index contributed by atoms with van der Waals surface area (Å²) in [6, 6.07) is 6.35. The fourth-order valence-corrected chi connectivity index (χ4v) is 4.52.